The Labute approximate surface area is 204 Å². The monoisotopic (exact) mass is 480 g/mol. The number of amides is 1. The fourth-order valence-electron chi connectivity index (χ4n) is 5.36. The molecule has 2 aromatic heterocycles. The molecule has 0 spiro atoms. The van der Waals surface area contributed by atoms with Crippen molar-refractivity contribution in [3.8, 4) is 0 Å². The van der Waals surface area contributed by atoms with Gasteiger partial charge >= 0.3 is 0 Å². The third-order valence-corrected chi connectivity index (χ3v) is 8.85. The van der Waals surface area contributed by atoms with E-state index < -0.39 is 0 Å². The number of thiazole rings is 1. The lowest BCUT2D eigenvalue weighted by Gasteiger charge is -2.31. The van der Waals surface area contributed by atoms with Crippen LogP contribution in [0.4, 0.5) is 0 Å². The molecule has 1 saturated heterocycles. The Morgan fingerprint density at radius 3 is 2.70 bits per heavy atom. The van der Waals surface area contributed by atoms with Crippen LogP contribution < -0.4 is 0 Å². The van der Waals surface area contributed by atoms with E-state index in [9.17, 15) is 4.79 Å². The zero-order valence-electron chi connectivity index (χ0n) is 19.5. The van der Waals surface area contributed by atoms with Gasteiger partial charge in [0, 0.05) is 48.8 Å². The maximum Gasteiger partial charge on any atom is 0.253 e. The quantitative estimate of drug-likeness (QED) is 0.412. The molecule has 7 heteroatoms. The van der Waals surface area contributed by atoms with Crippen molar-refractivity contribution in [1.29, 1.82) is 0 Å². The Morgan fingerprint density at radius 1 is 1.15 bits per heavy atom. The minimum atomic E-state index is 0.171. The molecule has 0 radical (unpaired) electrons. The van der Waals surface area contributed by atoms with Gasteiger partial charge in [-0.2, -0.15) is 0 Å². The highest BCUT2D eigenvalue weighted by atomic mass is 32.2. The number of hydrogen-bond donors (Lipinski definition) is 0. The normalized spacial score (nSPS) is 23.3. The van der Waals surface area contributed by atoms with Crippen LogP contribution in [0.5, 0.6) is 0 Å². The topological polar surface area (TPSA) is 59.0 Å². The maximum atomic E-state index is 13.0. The molecule has 2 fully saturated rings. The first-order valence-corrected chi connectivity index (χ1v) is 14.1. The number of aromatic nitrogens is 3. The van der Waals surface area contributed by atoms with Gasteiger partial charge in [0.15, 0.2) is 0 Å². The number of rotatable bonds is 6. The van der Waals surface area contributed by atoms with E-state index in [1.807, 2.05) is 29.4 Å². The van der Waals surface area contributed by atoms with Crippen LogP contribution in [0.3, 0.4) is 0 Å². The van der Waals surface area contributed by atoms with Gasteiger partial charge in [0.1, 0.15) is 5.82 Å². The summed E-state index contributed by atoms with van der Waals surface area (Å²) in [7, 11) is 0. The fraction of sp³-hybridized carbons (Fsp3) is 0.538. The number of likely N-dealkylation sites (tertiary alicyclic amines) is 1. The Hall–Kier alpha value is -1.99. The van der Waals surface area contributed by atoms with E-state index in [0.29, 0.717) is 17.8 Å². The number of thioether (sulfide) groups is 1. The van der Waals surface area contributed by atoms with Crippen LogP contribution in [-0.4, -0.2) is 45.1 Å². The largest absolute Gasteiger partial charge is 0.338 e. The van der Waals surface area contributed by atoms with Crippen LogP contribution in [0, 0.1) is 17.8 Å². The first-order chi connectivity index (χ1) is 16.1. The average molecular weight is 481 g/mol. The van der Waals surface area contributed by atoms with Crippen molar-refractivity contribution in [1.82, 2.24) is 19.9 Å². The molecule has 1 aliphatic heterocycles. The predicted molar refractivity (Wildman–Crippen MR) is 136 cm³/mol. The van der Waals surface area contributed by atoms with Crippen molar-refractivity contribution in [2.75, 3.05) is 19.3 Å². The van der Waals surface area contributed by atoms with E-state index in [1.165, 1.54) is 30.7 Å². The zero-order chi connectivity index (χ0) is 22.8. The highest BCUT2D eigenvalue weighted by molar-refractivity contribution is 7.98. The highest BCUT2D eigenvalue weighted by Crippen LogP contribution is 2.36. The van der Waals surface area contributed by atoms with Crippen molar-refractivity contribution < 1.29 is 4.79 Å². The molecule has 3 aromatic rings. The summed E-state index contributed by atoms with van der Waals surface area (Å²) in [4.78, 5) is 30.1. The molecule has 0 N–H and O–H groups in total. The standard InChI is InChI=1S/C26H32N4OS2/c1-17-4-3-9-30(16-17)26(31)20-7-8-22-23(13-20)33-25(29-22)12-19-6-5-18(10-19)11-24-27-14-21(32-2)15-28-24/h7-8,13-15,17-19H,3-6,9-12,16H2,1-2H3/t17?,18-,19-/m0/s1. The second-order valence-corrected chi connectivity index (χ2v) is 11.8. The summed E-state index contributed by atoms with van der Waals surface area (Å²) in [5, 5.41) is 1.20. The Kier molecular flexibility index (Phi) is 6.97. The van der Waals surface area contributed by atoms with Gasteiger partial charge in [0.05, 0.1) is 15.2 Å². The van der Waals surface area contributed by atoms with Gasteiger partial charge < -0.3 is 4.90 Å². The van der Waals surface area contributed by atoms with Crippen LogP contribution in [0.1, 0.15) is 60.2 Å². The van der Waals surface area contributed by atoms with Gasteiger partial charge in [0.25, 0.3) is 5.91 Å². The third kappa shape index (κ3) is 5.40. The zero-order valence-corrected chi connectivity index (χ0v) is 21.1. The van der Waals surface area contributed by atoms with Gasteiger partial charge in [-0.3, -0.25) is 4.79 Å². The molecule has 1 unspecified atom stereocenters. The molecular weight excluding hydrogens is 448 g/mol. The number of carbonyl (C=O) groups is 1. The molecule has 3 atom stereocenters. The molecule has 1 aliphatic carbocycles. The van der Waals surface area contributed by atoms with Crippen molar-refractivity contribution in [3.63, 3.8) is 0 Å². The van der Waals surface area contributed by atoms with Gasteiger partial charge in [-0.25, -0.2) is 15.0 Å². The van der Waals surface area contributed by atoms with Gasteiger partial charge in [-0.1, -0.05) is 6.92 Å². The van der Waals surface area contributed by atoms with Gasteiger partial charge in [-0.15, -0.1) is 23.1 Å². The number of piperidine rings is 1. The summed E-state index contributed by atoms with van der Waals surface area (Å²) in [5.74, 6) is 3.08. The lowest BCUT2D eigenvalue weighted by atomic mass is 9.99. The first kappa shape index (κ1) is 22.8. The smallest absolute Gasteiger partial charge is 0.253 e. The molecule has 1 saturated carbocycles. The number of nitrogens with zero attached hydrogens (tertiary/aromatic N) is 4. The van der Waals surface area contributed by atoms with Crippen LogP contribution in [-0.2, 0) is 12.8 Å². The number of carbonyl (C=O) groups excluding carboxylic acids is 1. The summed E-state index contributed by atoms with van der Waals surface area (Å²) in [6.07, 6.45) is 14.0. The summed E-state index contributed by atoms with van der Waals surface area (Å²) in [5.41, 5.74) is 1.83. The summed E-state index contributed by atoms with van der Waals surface area (Å²) < 4.78 is 1.14. The van der Waals surface area contributed by atoms with Crippen molar-refractivity contribution >= 4 is 39.2 Å². The van der Waals surface area contributed by atoms with Gasteiger partial charge in [0.2, 0.25) is 0 Å². The Bertz CT molecular complexity index is 1110. The van der Waals surface area contributed by atoms with E-state index in [1.54, 1.807) is 23.1 Å². The van der Waals surface area contributed by atoms with Crippen LogP contribution in [0.25, 0.3) is 10.2 Å². The van der Waals surface area contributed by atoms with Crippen LogP contribution in [0.2, 0.25) is 0 Å². The minimum Gasteiger partial charge on any atom is -0.338 e. The minimum absolute atomic E-state index is 0.171. The molecule has 5 rings (SSSR count). The number of hydrogen-bond acceptors (Lipinski definition) is 6. The fourth-order valence-corrected chi connectivity index (χ4v) is 6.79. The molecular formula is C26H32N4OS2. The lowest BCUT2D eigenvalue weighted by Crippen LogP contribution is -2.39. The first-order valence-electron chi connectivity index (χ1n) is 12.1. The second-order valence-electron chi connectivity index (χ2n) is 9.78. The van der Waals surface area contributed by atoms with Gasteiger partial charge in [-0.05, 0) is 74.3 Å². The molecule has 1 amide bonds. The predicted octanol–water partition coefficient (Wildman–Crippen LogP) is 5.88. The Morgan fingerprint density at radius 2 is 1.94 bits per heavy atom. The van der Waals surface area contributed by atoms with Crippen LogP contribution in [0.15, 0.2) is 35.5 Å². The maximum absolute atomic E-state index is 13.0. The SMILES string of the molecule is CSc1cnc(C[C@H]2CC[C@H](Cc3nc4ccc(C(=O)N5CCCC(C)C5)cc4s3)C2)nc1. The summed E-state index contributed by atoms with van der Waals surface area (Å²) >= 11 is 3.44. The molecule has 0 bridgehead atoms. The molecule has 33 heavy (non-hydrogen) atoms. The van der Waals surface area contributed by atoms with E-state index in [0.717, 1.165) is 58.9 Å². The molecule has 2 aliphatic rings. The molecule has 174 valence electrons. The lowest BCUT2D eigenvalue weighted by molar-refractivity contribution is 0.0683. The van der Waals surface area contributed by atoms with Crippen molar-refractivity contribution in [3.05, 3.63) is 47.0 Å². The molecule has 5 nitrogen and oxygen atoms in total. The van der Waals surface area contributed by atoms with E-state index >= 15 is 0 Å². The Balaban J connectivity index is 1.20. The third-order valence-electron chi connectivity index (χ3n) is 7.13. The molecule has 1 aromatic carbocycles. The van der Waals surface area contributed by atoms with E-state index in [-0.39, 0.29) is 5.91 Å². The van der Waals surface area contributed by atoms with E-state index in [2.05, 4.69) is 29.2 Å². The summed E-state index contributed by atoms with van der Waals surface area (Å²) in [6, 6.07) is 6.05. The number of fused-ring (bicyclic) bond motifs is 1. The molecule has 3 heterocycles. The summed E-state index contributed by atoms with van der Waals surface area (Å²) in [6.45, 7) is 3.99. The van der Waals surface area contributed by atoms with Crippen LogP contribution >= 0.6 is 23.1 Å². The second kappa shape index (κ2) is 10.1. The number of benzene rings is 1. The van der Waals surface area contributed by atoms with Crippen molar-refractivity contribution in [2.24, 2.45) is 17.8 Å². The van der Waals surface area contributed by atoms with Crippen molar-refractivity contribution in [2.45, 2.75) is 56.8 Å². The van der Waals surface area contributed by atoms with E-state index in [4.69, 9.17) is 4.98 Å². The highest BCUT2D eigenvalue weighted by Gasteiger charge is 2.27. The average Bonchev–Trinajstić information content (AvgIpc) is 3.44.